The molecule has 2 N–H and O–H groups in total. The van der Waals surface area contributed by atoms with Crippen LogP contribution in [0.15, 0.2) is 77.5 Å². The topological polar surface area (TPSA) is 76.4 Å². The van der Waals surface area contributed by atoms with Crippen LogP contribution in [-0.4, -0.2) is 11.0 Å². The second kappa shape index (κ2) is 7.17. The number of anilines is 2. The van der Waals surface area contributed by atoms with E-state index in [9.17, 15) is 9.18 Å². The lowest BCUT2D eigenvalue weighted by atomic mass is 10.3. The maximum Gasteiger partial charge on any atom is 0.323 e. The fourth-order valence-corrected chi connectivity index (χ4v) is 2.50. The van der Waals surface area contributed by atoms with Gasteiger partial charge >= 0.3 is 6.03 Å². The molecule has 2 aromatic heterocycles. The van der Waals surface area contributed by atoms with Gasteiger partial charge in [0.2, 0.25) is 5.71 Å². The average molecular weight is 363 g/mol. The number of fused-ring (bicyclic) bond motifs is 1. The number of amides is 2. The van der Waals surface area contributed by atoms with E-state index in [1.54, 1.807) is 48.9 Å². The van der Waals surface area contributed by atoms with Gasteiger partial charge < -0.3 is 19.8 Å². The van der Waals surface area contributed by atoms with Crippen molar-refractivity contribution in [3.05, 3.63) is 78.9 Å². The molecule has 27 heavy (non-hydrogen) atoms. The fourth-order valence-electron chi connectivity index (χ4n) is 2.50. The molecule has 4 rings (SSSR count). The van der Waals surface area contributed by atoms with E-state index in [0.717, 1.165) is 5.39 Å². The normalized spacial score (nSPS) is 10.6. The number of carbonyl (C=O) groups is 1. The Labute approximate surface area is 153 Å². The molecule has 0 fully saturated rings. The van der Waals surface area contributed by atoms with E-state index in [2.05, 4.69) is 15.6 Å². The van der Waals surface area contributed by atoms with E-state index in [-0.39, 0.29) is 5.82 Å². The third-order valence-corrected chi connectivity index (χ3v) is 3.77. The average Bonchev–Trinajstić information content (AvgIpc) is 3.15. The van der Waals surface area contributed by atoms with Crippen LogP contribution in [-0.2, 0) is 0 Å². The van der Waals surface area contributed by atoms with E-state index in [1.165, 1.54) is 24.3 Å². The smallest absolute Gasteiger partial charge is 0.323 e. The number of carbonyl (C=O) groups excluding carboxylic acids is 1. The highest BCUT2D eigenvalue weighted by Gasteiger charge is 2.07. The lowest BCUT2D eigenvalue weighted by Crippen LogP contribution is -2.19. The lowest BCUT2D eigenvalue weighted by molar-refractivity contribution is 0.262. The van der Waals surface area contributed by atoms with Gasteiger partial charge in [-0.25, -0.2) is 14.2 Å². The zero-order valence-electron chi connectivity index (χ0n) is 14.0. The molecule has 0 saturated carbocycles. The van der Waals surface area contributed by atoms with Crippen LogP contribution >= 0.6 is 0 Å². The van der Waals surface area contributed by atoms with E-state index in [4.69, 9.17) is 9.15 Å². The number of rotatable bonds is 4. The van der Waals surface area contributed by atoms with Crippen molar-refractivity contribution in [2.45, 2.75) is 0 Å². The second-order valence-corrected chi connectivity index (χ2v) is 5.66. The summed E-state index contributed by atoms with van der Waals surface area (Å²) in [6, 6.07) is 15.5. The van der Waals surface area contributed by atoms with Crippen molar-refractivity contribution in [3.8, 4) is 11.5 Å². The molecule has 0 aliphatic rings. The Kier molecular flexibility index (Phi) is 4.40. The molecule has 2 aromatic carbocycles. The molecular weight excluding hydrogens is 349 g/mol. The summed E-state index contributed by atoms with van der Waals surface area (Å²) in [7, 11) is 0. The second-order valence-electron chi connectivity index (χ2n) is 5.66. The van der Waals surface area contributed by atoms with Crippen LogP contribution in [0.25, 0.3) is 11.1 Å². The molecule has 0 aliphatic carbocycles. The first-order chi connectivity index (χ1) is 13.2. The molecule has 0 atom stereocenters. The molecule has 0 spiro atoms. The summed E-state index contributed by atoms with van der Waals surface area (Å²) >= 11 is 0. The van der Waals surface area contributed by atoms with E-state index in [1.807, 2.05) is 0 Å². The highest BCUT2D eigenvalue weighted by atomic mass is 19.1. The van der Waals surface area contributed by atoms with Crippen LogP contribution in [0.2, 0.25) is 0 Å². The van der Waals surface area contributed by atoms with Gasteiger partial charge in [-0.2, -0.15) is 0 Å². The number of pyridine rings is 1. The van der Waals surface area contributed by atoms with Gasteiger partial charge in [0, 0.05) is 23.6 Å². The number of hydrogen-bond donors (Lipinski definition) is 2. The molecule has 134 valence electrons. The summed E-state index contributed by atoms with van der Waals surface area (Å²) in [5.41, 5.74) is 1.59. The summed E-state index contributed by atoms with van der Waals surface area (Å²) in [6.07, 6.45) is 3.16. The minimum absolute atomic E-state index is 0.363. The Morgan fingerprint density at radius 1 is 0.926 bits per heavy atom. The summed E-state index contributed by atoms with van der Waals surface area (Å²) in [5, 5.41) is 6.10. The summed E-state index contributed by atoms with van der Waals surface area (Å²) in [5.74, 6) is 0.871. The Bertz CT molecular complexity index is 1080. The highest BCUT2D eigenvalue weighted by Crippen LogP contribution is 2.29. The van der Waals surface area contributed by atoms with Crippen LogP contribution in [0.1, 0.15) is 0 Å². The predicted molar refractivity (Wildman–Crippen MR) is 99.6 cm³/mol. The largest absolute Gasteiger partial charge is 0.456 e. The van der Waals surface area contributed by atoms with Gasteiger partial charge in [-0.1, -0.05) is 0 Å². The number of nitrogens with zero attached hydrogens (tertiary/aromatic N) is 1. The number of ether oxygens (including phenoxy) is 1. The van der Waals surface area contributed by atoms with E-state index < -0.39 is 6.03 Å². The van der Waals surface area contributed by atoms with Crippen molar-refractivity contribution >= 4 is 28.5 Å². The Morgan fingerprint density at radius 2 is 1.59 bits per heavy atom. The van der Waals surface area contributed by atoms with Crippen LogP contribution in [0.5, 0.6) is 11.5 Å². The van der Waals surface area contributed by atoms with Gasteiger partial charge in [0.1, 0.15) is 17.3 Å². The molecule has 0 radical (unpaired) electrons. The molecule has 2 amide bonds. The first kappa shape index (κ1) is 16.6. The maximum absolute atomic E-state index is 12.9. The van der Waals surface area contributed by atoms with Crippen molar-refractivity contribution < 1.29 is 18.3 Å². The Morgan fingerprint density at radius 3 is 2.30 bits per heavy atom. The summed E-state index contributed by atoms with van der Waals surface area (Å²) in [6.45, 7) is 0. The van der Waals surface area contributed by atoms with Gasteiger partial charge in [-0.05, 0) is 54.6 Å². The number of urea groups is 1. The SMILES string of the molecule is O=C(Nc1ccc(F)cc1)Nc1ccc(Oc2ccnc3occc23)cc1. The zero-order chi connectivity index (χ0) is 18.6. The molecule has 0 bridgehead atoms. The first-order valence-corrected chi connectivity index (χ1v) is 8.11. The molecule has 2 heterocycles. The summed E-state index contributed by atoms with van der Waals surface area (Å²) < 4.78 is 24.0. The van der Waals surface area contributed by atoms with Gasteiger partial charge in [0.25, 0.3) is 0 Å². The molecule has 4 aromatic rings. The van der Waals surface area contributed by atoms with Crippen LogP contribution in [0.3, 0.4) is 0 Å². The van der Waals surface area contributed by atoms with Gasteiger partial charge in [0.05, 0.1) is 11.6 Å². The standard InChI is InChI=1S/C20H14FN3O3/c21-13-1-3-14(4-2-13)23-20(25)24-15-5-7-16(8-6-15)27-18-9-11-22-19-17(18)10-12-26-19/h1-12H,(H2,23,24,25). The number of benzene rings is 2. The minimum Gasteiger partial charge on any atom is -0.456 e. The van der Waals surface area contributed by atoms with Crippen LogP contribution in [0, 0.1) is 5.82 Å². The van der Waals surface area contributed by atoms with Crippen molar-refractivity contribution in [1.82, 2.24) is 4.98 Å². The number of nitrogens with one attached hydrogen (secondary N) is 2. The van der Waals surface area contributed by atoms with Crippen LogP contribution < -0.4 is 15.4 Å². The quantitative estimate of drug-likeness (QED) is 0.509. The number of hydrogen-bond acceptors (Lipinski definition) is 4. The molecule has 0 aliphatic heterocycles. The minimum atomic E-state index is -0.426. The monoisotopic (exact) mass is 363 g/mol. The zero-order valence-corrected chi connectivity index (χ0v) is 14.0. The van der Waals surface area contributed by atoms with E-state index >= 15 is 0 Å². The number of furan rings is 1. The molecule has 0 saturated heterocycles. The van der Waals surface area contributed by atoms with E-state index in [0.29, 0.717) is 28.6 Å². The fraction of sp³-hybridized carbons (Fsp3) is 0. The third-order valence-electron chi connectivity index (χ3n) is 3.77. The van der Waals surface area contributed by atoms with Gasteiger partial charge in [0.15, 0.2) is 0 Å². The number of halogens is 1. The molecule has 6 nitrogen and oxygen atoms in total. The van der Waals surface area contributed by atoms with Crippen molar-refractivity contribution in [3.63, 3.8) is 0 Å². The lowest BCUT2D eigenvalue weighted by Gasteiger charge is -2.09. The van der Waals surface area contributed by atoms with Crippen molar-refractivity contribution in [2.75, 3.05) is 10.6 Å². The van der Waals surface area contributed by atoms with Crippen molar-refractivity contribution in [2.24, 2.45) is 0 Å². The molecule has 7 heteroatoms. The van der Waals surface area contributed by atoms with Crippen molar-refractivity contribution in [1.29, 1.82) is 0 Å². The third kappa shape index (κ3) is 3.87. The van der Waals surface area contributed by atoms with Gasteiger partial charge in [-0.3, -0.25) is 0 Å². The Hall–Kier alpha value is -3.87. The number of aromatic nitrogens is 1. The first-order valence-electron chi connectivity index (χ1n) is 8.11. The predicted octanol–water partition coefficient (Wildman–Crippen LogP) is 5.40. The highest BCUT2D eigenvalue weighted by molar-refractivity contribution is 5.99. The Balaban J connectivity index is 1.40. The maximum atomic E-state index is 12.9. The van der Waals surface area contributed by atoms with Crippen LogP contribution in [0.4, 0.5) is 20.6 Å². The molecule has 0 unspecified atom stereocenters. The van der Waals surface area contributed by atoms with Gasteiger partial charge in [-0.15, -0.1) is 0 Å². The molecular formula is C20H14FN3O3. The summed E-state index contributed by atoms with van der Waals surface area (Å²) in [4.78, 5) is 16.1.